The number of nitrogens with zero attached hydrogens (tertiary/aromatic N) is 1. The fourth-order valence-corrected chi connectivity index (χ4v) is 1.11. The van der Waals surface area contributed by atoms with Gasteiger partial charge < -0.3 is 14.2 Å². The SMILES string of the molecule is COCCOCOc1ccc(CC#N)cc1. The van der Waals surface area contributed by atoms with Crippen molar-refractivity contribution in [2.24, 2.45) is 0 Å². The van der Waals surface area contributed by atoms with Gasteiger partial charge in [0, 0.05) is 7.11 Å². The lowest BCUT2D eigenvalue weighted by Crippen LogP contribution is -2.07. The third kappa shape index (κ3) is 4.78. The number of ether oxygens (including phenoxy) is 3. The van der Waals surface area contributed by atoms with Gasteiger partial charge in [0.2, 0.25) is 0 Å². The van der Waals surface area contributed by atoms with Crippen molar-refractivity contribution in [2.45, 2.75) is 6.42 Å². The van der Waals surface area contributed by atoms with E-state index in [1.807, 2.05) is 24.3 Å². The summed E-state index contributed by atoms with van der Waals surface area (Å²) in [5.74, 6) is 0.735. The van der Waals surface area contributed by atoms with Gasteiger partial charge in [-0.25, -0.2) is 0 Å². The predicted molar refractivity (Wildman–Crippen MR) is 59.1 cm³/mol. The Kier molecular flexibility index (Phi) is 6.00. The van der Waals surface area contributed by atoms with Crippen LogP contribution < -0.4 is 4.74 Å². The number of rotatable bonds is 7. The first-order valence-electron chi connectivity index (χ1n) is 5.02. The summed E-state index contributed by atoms with van der Waals surface area (Å²) in [6.45, 7) is 1.29. The minimum Gasteiger partial charge on any atom is -0.468 e. The monoisotopic (exact) mass is 221 g/mol. The van der Waals surface area contributed by atoms with Crippen LogP contribution in [0.25, 0.3) is 0 Å². The lowest BCUT2D eigenvalue weighted by Gasteiger charge is -2.07. The Balaban J connectivity index is 2.24. The molecule has 0 atom stereocenters. The summed E-state index contributed by atoms with van der Waals surface area (Å²) in [6, 6.07) is 9.48. The van der Waals surface area contributed by atoms with Crippen LogP contribution in [0.3, 0.4) is 0 Å². The fourth-order valence-electron chi connectivity index (χ4n) is 1.11. The molecule has 0 radical (unpaired) electrons. The Hall–Kier alpha value is -1.57. The molecule has 0 N–H and O–H groups in total. The molecule has 0 saturated carbocycles. The molecule has 0 fully saturated rings. The quantitative estimate of drug-likeness (QED) is 0.520. The molecular weight excluding hydrogens is 206 g/mol. The van der Waals surface area contributed by atoms with Crippen molar-refractivity contribution in [1.82, 2.24) is 0 Å². The minimum absolute atomic E-state index is 0.209. The van der Waals surface area contributed by atoms with Gasteiger partial charge in [-0.15, -0.1) is 0 Å². The van der Waals surface area contributed by atoms with Crippen LogP contribution in [-0.2, 0) is 15.9 Å². The van der Waals surface area contributed by atoms with E-state index in [2.05, 4.69) is 6.07 Å². The average molecular weight is 221 g/mol. The molecule has 4 heteroatoms. The van der Waals surface area contributed by atoms with Gasteiger partial charge in [0.25, 0.3) is 0 Å². The van der Waals surface area contributed by atoms with Gasteiger partial charge in [-0.1, -0.05) is 12.1 Å². The van der Waals surface area contributed by atoms with E-state index in [4.69, 9.17) is 19.5 Å². The van der Waals surface area contributed by atoms with Crippen LogP contribution in [0.15, 0.2) is 24.3 Å². The molecule has 0 amide bonds. The zero-order valence-electron chi connectivity index (χ0n) is 9.31. The highest BCUT2D eigenvalue weighted by Gasteiger charge is 1.95. The lowest BCUT2D eigenvalue weighted by molar-refractivity contribution is -0.00847. The zero-order chi connectivity index (χ0) is 11.6. The van der Waals surface area contributed by atoms with Crippen molar-refractivity contribution >= 4 is 0 Å². The largest absolute Gasteiger partial charge is 0.468 e. The van der Waals surface area contributed by atoms with Gasteiger partial charge in [0.1, 0.15) is 5.75 Å². The van der Waals surface area contributed by atoms with E-state index < -0.39 is 0 Å². The van der Waals surface area contributed by atoms with Crippen molar-refractivity contribution in [1.29, 1.82) is 5.26 Å². The van der Waals surface area contributed by atoms with Crippen LogP contribution in [0.4, 0.5) is 0 Å². The highest BCUT2D eigenvalue weighted by molar-refractivity contribution is 5.28. The minimum atomic E-state index is 0.209. The summed E-state index contributed by atoms with van der Waals surface area (Å²) < 4.78 is 15.3. The summed E-state index contributed by atoms with van der Waals surface area (Å²) in [5, 5.41) is 8.50. The van der Waals surface area contributed by atoms with Crippen molar-refractivity contribution in [2.75, 3.05) is 27.1 Å². The second kappa shape index (κ2) is 7.69. The van der Waals surface area contributed by atoms with Gasteiger partial charge in [-0.2, -0.15) is 5.26 Å². The fraction of sp³-hybridized carbons (Fsp3) is 0.417. The molecule has 0 aromatic heterocycles. The standard InChI is InChI=1S/C12H15NO3/c1-14-8-9-15-10-16-12-4-2-11(3-5-12)6-7-13/h2-5H,6,8-10H2,1H3. The van der Waals surface area contributed by atoms with E-state index >= 15 is 0 Å². The second-order valence-corrected chi connectivity index (χ2v) is 3.14. The van der Waals surface area contributed by atoms with Crippen LogP contribution >= 0.6 is 0 Å². The van der Waals surface area contributed by atoms with E-state index in [0.717, 1.165) is 11.3 Å². The maximum atomic E-state index is 8.50. The first kappa shape index (κ1) is 12.5. The Labute approximate surface area is 95.4 Å². The average Bonchev–Trinajstić information content (AvgIpc) is 2.31. The van der Waals surface area contributed by atoms with Crippen molar-refractivity contribution in [3.05, 3.63) is 29.8 Å². The van der Waals surface area contributed by atoms with Crippen LogP contribution in [0.2, 0.25) is 0 Å². The summed E-state index contributed by atoms with van der Waals surface area (Å²) in [4.78, 5) is 0. The van der Waals surface area contributed by atoms with Crippen molar-refractivity contribution in [3.8, 4) is 11.8 Å². The van der Waals surface area contributed by atoms with Crippen LogP contribution in [0.5, 0.6) is 5.75 Å². The number of hydrogen-bond acceptors (Lipinski definition) is 4. The second-order valence-electron chi connectivity index (χ2n) is 3.14. The molecule has 0 saturated heterocycles. The van der Waals surface area contributed by atoms with Crippen molar-refractivity contribution in [3.63, 3.8) is 0 Å². The van der Waals surface area contributed by atoms with Crippen LogP contribution in [0.1, 0.15) is 5.56 Å². The van der Waals surface area contributed by atoms with Gasteiger partial charge in [0.05, 0.1) is 25.7 Å². The molecule has 4 nitrogen and oxygen atoms in total. The van der Waals surface area contributed by atoms with Gasteiger partial charge in [-0.3, -0.25) is 0 Å². The van der Waals surface area contributed by atoms with Crippen LogP contribution in [-0.4, -0.2) is 27.1 Å². The van der Waals surface area contributed by atoms with E-state index in [1.54, 1.807) is 7.11 Å². The molecule has 0 aliphatic heterocycles. The highest BCUT2D eigenvalue weighted by Crippen LogP contribution is 2.12. The van der Waals surface area contributed by atoms with Crippen LogP contribution in [0, 0.1) is 11.3 Å². The number of methoxy groups -OCH3 is 1. The highest BCUT2D eigenvalue weighted by atomic mass is 16.7. The molecule has 1 rings (SSSR count). The molecule has 0 heterocycles. The lowest BCUT2D eigenvalue weighted by atomic mass is 10.2. The molecule has 86 valence electrons. The Morgan fingerprint density at radius 3 is 2.56 bits per heavy atom. The Bertz CT molecular complexity index is 329. The zero-order valence-corrected chi connectivity index (χ0v) is 9.31. The number of nitriles is 1. The molecule has 16 heavy (non-hydrogen) atoms. The summed E-state index contributed by atoms with van der Waals surface area (Å²) in [6.07, 6.45) is 0.421. The van der Waals surface area contributed by atoms with E-state index in [9.17, 15) is 0 Å². The molecule has 0 unspecified atom stereocenters. The number of benzene rings is 1. The first-order valence-corrected chi connectivity index (χ1v) is 5.02. The van der Waals surface area contributed by atoms with Gasteiger partial charge in [-0.05, 0) is 17.7 Å². The summed E-state index contributed by atoms with van der Waals surface area (Å²) >= 11 is 0. The first-order chi connectivity index (χ1) is 7.86. The Morgan fingerprint density at radius 1 is 1.19 bits per heavy atom. The third-order valence-corrected chi connectivity index (χ3v) is 1.95. The Morgan fingerprint density at radius 2 is 1.94 bits per heavy atom. The summed E-state index contributed by atoms with van der Waals surface area (Å²) in [7, 11) is 1.62. The van der Waals surface area contributed by atoms with Gasteiger partial charge >= 0.3 is 0 Å². The van der Waals surface area contributed by atoms with E-state index in [1.165, 1.54) is 0 Å². The maximum Gasteiger partial charge on any atom is 0.189 e. The molecule has 1 aromatic rings. The molecular formula is C12H15NO3. The third-order valence-electron chi connectivity index (χ3n) is 1.95. The van der Waals surface area contributed by atoms with Gasteiger partial charge in [0.15, 0.2) is 6.79 Å². The van der Waals surface area contributed by atoms with Crippen molar-refractivity contribution < 1.29 is 14.2 Å². The molecule has 0 aliphatic carbocycles. The molecule has 0 spiro atoms. The van der Waals surface area contributed by atoms with E-state index in [0.29, 0.717) is 19.6 Å². The molecule has 0 aliphatic rings. The number of hydrogen-bond donors (Lipinski definition) is 0. The topological polar surface area (TPSA) is 51.5 Å². The smallest absolute Gasteiger partial charge is 0.189 e. The maximum absolute atomic E-state index is 8.50. The molecule has 0 bridgehead atoms. The normalized spacial score (nSPS) is 9.75. The van der Waals surface area contributed by atoms with E-state index in [-0.39, 0.29) is 6.79 Å². The predicted octanol–water partition coefficient (Wildman–Crippen LogP) is 1.75. The summed E-state index contributed by atoms with van der Waals surface area (Å²) in [5.41, 5.74) is 0.982. The molecule has 1 aromatic carbocycles.